The third-order valence-electron chi connectivity index (χ3n) is 2.95. The van der Waals surface area contributed by atoms with E-state index in [-0.39, 0.29) is 0 Å². The molecule has 0 bridgehead atoms. The summed E-state index contributed by atoms with van der Waals surface area (Å²) in [5.74, 6) is 0. The van der Waals surface area contributed by atoms with Crippen molar-refractivity contribution in [2.45, 2.75) is 12.6 Å². The molecule has 2 N–H and O–H groups in total. The van der Waals surface area contributed by atoms with Gasteiger partial charge in [-0.2, -0.15) is 0 Å². The Hall–Kier alpha value is -1.80. The van der Waals surface area contributed by atoms with Crippen molar-refractivity contribution in [3.05, 3.63) is 54.1 Å². The van der Waals surface area contributed by atoms with Gasteiger partial charge in [0.05, 0.1) is 0 Å². The molecule has 0 aromatic heterocycles. The van der Waals surface area contributed by atoms with Gasteiger partial charge in [-0.15, -0.1) is 0 Å². The fourth-order valence-corrected chi connectivity index (χ4v) is 2.14. The predicted octanol–water partition coefficient (Wildman–Crippen LogP) is 2.64. The van der Waals surface area contributed by atoms with E-state index in [1.54, 1.807) is 0 Å². The van der Waals surface area contributed by atoms with Crippen molar-refractivity contribution in [3.8, 4) is 11.1 Å². The predicted molar refractivity (Wildman–Crippen MR) is 65.2 cm³/mol. The molecule has 1 aliphatic rings. The van der Waals surface area contributed by atoms with Gasteiger partial charge in [-0.05, 0) is 22.8 Å². The number of aliphatic hydroxyl groups is 1. The molecule has 1 atom stereocenters. The van der Waals surface area contributed by atoms with Crippen molar-refractivity contribution < 1.29 is 5.11 Å². The second-order valence-electron chi connectivity index (χ2n) is 4.10. The number of anilines is 1. The van der Waals surface area contributed by atoms with Gasteiger partial charge in [0.25, 0.3) is 0 Å². The zero-order valence-electron chi connectivity index (χ0n) is 8.85. The highest BCUT2D eigenvalue weighted by Crippen LogP contribution is 2.30. The number of aliphatic hydroxyl groups excluding tert-OH is 1. The van der Waals surface area contributed by atoms with E-state index in [1.165, 1.54) is 16.7 Å². The van der Waals surface area contributed by atoms with Crippen LogP contribution < -0.4 is 5.32 Å². The average Bonchev–Trinajstić information content (AvgIpc) is 2.69. The van der Waals surface area contributed by atoms with Crippen molar-refractivity contribution in [1.29, 1.82) is 0 Å². The number of rotatable bonds is 1. The molecule has 0 amide bonds. The van der Waals surface area contributed by atoms with Crippen molar-refractivity contribution in [3.63, 3.8) is 0 Å². The van der Waals surface area contributed by atoms with Gasteiger partial charge in [0.15, 0.2) is 0 Å². The van der Waals surface area contributed by atoms with Crippen LogP contribution in [-0.4, -0.2) is 11.3 Å². The molecule has 0 radical (unpaired) electrons. The quantitative estimate of drug-likeness (QED) is 0.760. The third kappa shape index (κ3) is 1.57. The van der Waals surface area contributed by atoms with Gasteiger partial charge in [0, 0.05) is 12.1 Å². The summed E-state index contributed by atoms with van der Waals surface area (Å²) in [7, 11) is 0. The number of benzene rings is 2. The lowest BCUT2D eigenvalue weighted by Crippen LogP contribution is -2.12. The van der Waals surface area contributed by atoms with Crippen LogP contribution in [0.4, 0.5) is 5.69 Å². The fourth-order valence-electron chi connectivity index (χ4n) is 2.14. The van der Waals surface area contributed by atoms with E-state index >= 15 is 0 Å². The zero-order chi connectivity index (χ0) is 11.0. The minimum atomic E-state index is -0.430. The number of nitrogens with one attached hydrogen (secondary N) is 1. The summed E-state index contributed by atoms with van der Waals surface area (Å²) in [6, 6.07) is 16.5. The second-order valence-corrected chi connectivity index (χ2v) is 4.10. The van der Waals surface area contributed by atoms with Gasteiger partial charge in [0.1, 0.15) is 6.23 Å². The molecule has 3 rings (SSSR count). The Kier molecular flexibility index (Phi) is 2.15. The van der Waals surface area contributed by atoms with Crippen LogP contribution in [0.15, 0.2) is 48.5 Å². The fraction of sp³-hybridized carbons (Fsp3) is 0.143. The van der Waals surface area contributed by atoms with Crippen LogP contribution in [-0.2, 0) is 6.42 Å². The van der Waals surface area contributed by atoms with Gasteiger partial charge in [-0.25, -0.2) is 0 Å². The molecule has 2 heteroatoms. The van der Waals surface area contributed by atoms with Crippen LogP contribution in [0.1, 0.15) is 5.56 Å². The van der Waals surface area contributed by atoms with Crippen LogP contribution >= 0.6 is 0 Å². The Balaban J connectivity index is 2.03. The molecule has 2 aromatic rings. The number of hydrogen-bond acceptors (Lipinski definition) is 2. The van der Waals surface area contributed by atoms with Gasteiger partial charge < -0.3 is 10.4 Å². The Bertz CT molecular complexity index is 507. The molecular formula is C14H13NO. The Morgan fingerprint density at radius 1 is 1.00 bits per heavy atom. The van der Waals surface area contributed by atoms with E-state index in [0.717, 1.165) is 5.69 Å². The molecule has 0 aliphatic carbocycles. The number of fused-ring (bicyclic) bond motifs is 1. The molecule has 2 nitrogen and oxygen atoms in total. The monoisotopic (exact) mass is 211 g/mol. The SMILES string of the molecule is OC1Cc2ccc(-c3ccccc3)cc2N1. The third-order valence-corrected chi connectivity index (χ3v) is 2.95. The lowest BCUT2D eigenvalue weighted by molar-refractivity contribution is 0.212. The first-order chi connectivity index (χ1) is 7.83. The van der Waals surface area contributed by atoms with E-state index in [9.17, 15) is 5.11 Å². The highest BCUT2D eigenvalue weighted by molar-refractivity contribution is 5.71. The summed E-state index contributed by atoms with van der Waals surface area (Å²) in [5, 5.41) is 12.6. The summed E-state index contributed by atoms with van der Waals surface area (Å²) in [6.45, 7) is 0. The van der Waals surface area contributed by atoms with Crippen molar-refractivity contribution >= 4 is 5.69 Å². The molecule has 80 valence electrons. The van der Waals surface area contributed by atoms with Gasteiger partial charge in [-0.3, -0.25) is 0 Å². The molecule has 16 heavy (non-hydrogen) atoms. The largest absolute Gasteiger partial charge is 0.373 e. The molecular weight excluding hydrogens is 198 g/mol. The molecule has 1 aliphatic heterocycles. The Morgan fingerprint density at radius 2 is 1.81 bits per heavy atom. The van der Waals surface area contributed by atoms with E-state index in [4.69, 9.17) is 0 Å². The highest BCUT2D eigenvalue weighted by Gasteiger charge is 2.17. The molecule has 1 unspecified atom stereocenters. The van der Waals surface area contributed by atoms with Crippen molar-refractivity contribution in [2.24, 2.45) is 0 Å². The molecule has 1 heterocycles. The van der Waals surface area contributed by atoms with E-state index in [0.29, 0.717) is 6.42 Å². The minimum absolute atomic E-state index is 0.430. The first kappa shape index (κ1) is 9.43. The maximum absolute atomic E-state index is 9.50. The molecule has 0 fully saturated rings. The maximum Gasteiger partial charge on any atom is 0.128 e. The van der Waals surface area contributed by atoms with E-state index in [1.807, 2.05) is 18.2 Å². The lowest BCUT2D eigenvalue weighted by Gasteiger charge is -2.05. The summed E-state index contributed by atoms with van der Waals surface area (Å²) in [4.78, 5) is 0. The smallest absolute Gasteiger partial charge is 0.128 e. The summed E-state index contributed by atoms with van der Waals surface area (Å²) in [6.07, 6.45) is 0.269. The maximum atomic E-state index is 9.50. The summed E-state index contributed by atoms with van der Waals surface area (Å²) in [5.41, 5.74) is 4.62. The molecule has 0 saturated heterocycles. The second kappa shape index (κ2) is 3.65. The van der Waals surface area contributed by atoms with Crippen LogP contribution in [0.5, 0.6) is 0 Å². The normalized spacial score (nSPS) is 17.9. The van der Waals surface area contributed by atoms with Crippen molar-refractivity contribution in [2.75, 3.05) is 5.32 Å². The molecule has 2 aromatic carbocycles. The lowest BCUT2D eigenvalue weighted by atomic mass is 10.0. The van der Waals surface area contributed by atoms with Gasteiger partial charge in [0.2, 0.25) is 0 Å². The topological polar surface area (TPSA) is 32.3 Å². The minimum Gasteiger partial charge on any atom is -0.373 e. The highest BCUT2D eigenvalue weighted by atomic mass is 16.3. The molecule has 0 spiro atoms. The van der Waals surface area contributed by atoms with Gasteiger partial charge >= 0.3 is 0 Å². The van der Waals surface area contributed by atoms with Crippen LogP contribution in [0.2, 0.25) is 0 Å². The summed E-state index contributed by atoms with van der Waals surface area (Å²) < 4.78 is 0. The zero-order valence-corrected chi connectivity index (χ0v) is 8.85. The Labute approximate surface area is 94.6 Å². The number of hydrogen-bond donors (Lipinski definition) is 2. The molecule has 0 saturated carbocycles. The van der Waals surface area contributed by atoms with E-state index in [2.05, 4.69) is 35.6 Å². The first-order valence-electron chi connectivity index (χ1n) is 5.46. The van der Waals surface area contributed by atoms with Crippen LogP contribution in [0, 0.1) is 0 Å². The summed E-state index contributed by atoms with van der Waals surface area (Å²) >= 11 is 0. The van der Waals surface area contributed by atoms with Gasteiger partial charge in [-0.1, -0.05) is 42.5 Å². The first-order valence-corrected chi connectivity index (χ1v) is 5.46. The van der Waals surface area contributed by atoms with E-state index < -0.39 is 6.23 Å². The van der Waals surface area contributed by atoms with Crippen LogP contribution in [0.25, 0.3) is 11.1 Å². The Morgan fingerprint density at radius 3 is 2.62 bits per heavy atom. The average molecular weight is 211 g/mol. The van der Waals surface area contributed by atoms with Crippen LogP contribution in [0.3, 0.4) is 0 Å². The van der Waals surface area contributed by atoms with Crippen molar-refractivity contribution in [1.82, 2.24) is 0 Å². The standard InChI is InChI=1S/C14H13NO/c16-14-9-12-7-6-11(8-13(12)15-14)10-4-2-1-3-5-10/h1-8,14-16H,9H2.